The second kappa shape index (κ2) is 6.40. The molecule has 0 spiro atoms. The summed E-state index contributed by atoms with van der Waals surface area (Å²) in [4.78, 5) is 10.5. The van der Waals surface area contributed by atoms with Crippen molar-refractivity contribution in [3.8, 4) is 0 Å². The molecular formula is C13H18O3. The van der Waals surface area contributed by atoms with Gasteiger partial charge < -0.3 is 14.6 Å². The Bertz CT molecular complexity index is 310. The highest BCUT2D eigenvalue weighted by Gasteiger charge is 2.21. The normalized spacial score (nSPS) is 16.4. The predicted octanol–water partition coefficient (Wildman–Crippen LogP) is 1.79. The molecule has 1 aromatic rings. The Kier molecular flexibility index (Phi) is 5.15. The van der Waals surface area contributed by atoms with Gasteiger partial charge in [-0.1, -0.05) is 37.3 Å². The van der Waals surface area contributed by atoms with E-state index < -0.39 is 12.0 Å². The van der Waals surface area contributed by atoms with Gasteiger partial charge in [-0.2, -0.15) is 0 Å². The first kappa shape index (κ1) is 12.9. The predicted molar refractivity (Wildman–Crippen MR) is 61.9 cm³/mol. The Labute approximate surface area is 96.1 Å². The van der Waals surface area contributed by atoms with Crippen molar-refractivity contribution in [1.82, 2.24) is 0 Å². The monoisotopic (exact) mass is 222 g/mol. The molecule has 0 heterocycles. The minimum Gasteiger partial charge on any atom is -0.390 e. The summed E-state index contributed by atoms with van der Waals surface area (Å²) in [7, 11) is 0. The van der Waals surface area contributed by atoms with Crippen molar-refractivity contribution >= 4 is 6.29 Å². The summed E-state index contributed by atoms with van der Waals surface area (Å²) >= 11 is 0. The van der Waals surface area contributed by atoms with E-state index in [1.165, 1.54) is 0 Å². The van der Waals surface area contributed by atoms with Crippen molar-refractivity contribution in [3.05, 3.63) is 35.9 Å². The lowest BCUT2D eigenvalue weighted by Gasteiger charge is -2.21. The number of benzene rings is 1. The second-order valence-electron chi connectivity index (χ2n) is 3.99. The molecule has 1 aromatic carbocycles. The van der Waals surface area contributed by atoms with E-state index in [0.29, 0.717) is 6.61 Å². The lowest BCUT2D eigenvalue weighted by molar-refractivity contribution is -0.118. The lowest BCUT2D eigenvalue weighted by atomic mass is 10.0. The van der Waals surface area contributed by atoms with Gasteiger partial charge in [0.1, 0.15) is 6.29 Å². The molecule has 0 amide bonds. The molecule has 0 unspecified atom stereocenters. The van der Waals surface area contributed by atoms with Gasteiger partial charge in [0.2, 0.25) is 0 Å². The molecule has 88 valence electrons. The highest BCUT2D eigenvalue weighted by atomic mass is 16.5. The van der Waals surface area contributed by atoms with Gasteiger partial charge in [-0.15, -0.1) is 0 Å². The van der Waals surface area contributed by atoms with Gasteiger partial charge in [-0.3, -0.25) is 0 Å². The van der Waals surface area contributed by atoms with Crippen LogP contribution in [0.1, 0.15) is 19.4 Å². The van der Waals surface area contributed by atoms with Crippen LogP contribution in [0.5, 0.6) is 0 Å². The van der Waals surface area contributed by atoms with E-state index in [4.69, 9.17) is 4.74 Å². The zero-order chi connectivity index (χ0) is 12.0. The maximum Gasteiger partial charge on any atom is 0.125 e. The number of carbonyl (C=O) groups excluding carboxylic acids is 1. The van der Waals surface area contributed by atoms with Crippen molar-refractivity contribution in [2.24, 2.45) is 5.92 Å². The summed E-state index contributed by atoms with van der Waals surface area (Å²) in [5, 5.41) is 9.71. The fourth-order valence-corrected chi connectivity index (χ4v) is 1.41. The quantitative estimate of drug-likeness (QED) is 0.746. The molecule has 0 aromatic heterocycles. The number of carbonyl (C=O) groups is 1. The molecule has 0 bridgehead atoms. The number of hydrogen-bond donors (Lipinski definition) is 1. The summed E-state index contributed by atoms with van der Waals surface area (Å²) in [5.74, 6) is -0.397. The summed E-state index contributed by atoms with van der Waals surface area (Å²) < 4.78 is 5.50. The van der Waals surface area contributed by atoms with Gasteiger partial charge in [0.05, 0.1) is 18.8 Å². The van der Waals surface area contributed by atoms with Crippen LogP contribution < -0.4 is 0 Å². The molecule has 0 saturated carbocycles. The smallest absolute Gasteiger partial charge is 0.125 e. The van der Waals surface area contributed by atoms with Gasteiger partial charge in [0, 0.05) is 5.92 Å². The number of hydrogen-bond acceptors (Lipinski definition) is 3. The van der Waals surface area contributed by atoms with Crippen LogP contribution in [0.3, 0.4) is 0 Å². The highest BCUT2D eigenvalue weighted by molar-refractivity contribution is 5.53. The number of aldehydes is 1. The first-order chi connectivity index (χ1) is 7.65. The van der Waals surface area contributed by atoms with Crippen molar-refractivity contribution in [3.63, 3.8) is 0 Å². The average molecular weight is 222 g/mol. The summed E-state index contributed by atoms with van der Waals surface area (Å²) in [6.45, 7) is 3.90. The average Bonchev–Trinajstić information content (AvgIpc) is 2.35. The van der Waals surface area contributed by atoms with Gasteiger partial charge in [0.15, 0.2) is 0 Å². The number of ether oxygens (including phenoxy) is 1. The summed E-state index contributed by atoms with van der Waals surface area (Å²) in [6.07, 6.45) is -0.353. The van der Waals surface area contributed by atoms with Crippen molar-refractivity contribution in [1.29, 1.82) is 0 Å². The van der Waals surface area contributed by atoms with Crippen molar-refractivity contribution < 1.29 is 14.6 Å². The van der Waals surface area contributed by atoms with Crippen molar-refractivity contribution in [2.75, 3.05) is 0 Å². The molecule has 0 fully saturated rings. The maximum absolute atomic E-state index is 10.5. The van der Waals surface area contributed by atoms with E-state index in [0.717, 1.165) is 11.8 Å². The maximum atomic E-state index is 10.5. The SMILES string of the molecule is C[C@H](C=O)[C@H](O)[C@H](C)OCc1ccccc1. The number of aliphatic hydroxyl groups excluding tert-OH is 1. The van der Waals surface area contributed by atoms with Crippen LogP contribution in [0.2, 0.25) is 0 Å². The minimum absolute atomic E-state index is 0.347. The van der Waals surface area contributed by atoms with E-state index in [2.05, 4.69) is 0 Å². The zero-order valence-corrected chi connectivity index (χ0v) is 9.67. The summed E-state index contributed by atoms with van der Waals surface area (Å²) in [5.41, 5.74) is 1.06. The van der Waals surface area contributed by atoms with Gasteiger partial charge in [-0.25, -0.2) is 0 Å². The number of rotatable bonds is 6. The fraction of sp³-hybridized carbons (Fsp3) is 0.462. The summed E-state index contributed by atoms with van der Waals surface area (Å²) in [6, 6.07) is 9.74. The molecule has 16 heavy (non-hydrogen) atoms. The molecule has 0 aliphatic heterocycles. The van der Waals surface area contributed by atoms with Crippen LogP contribution >= 0.6 is 0 Å². The molecule has 0 aliphatic carbocycles. The zero-order valence-electron chi connectivity index (χ0n) is 9.67. The fourth-order valence-electron chi connectivity index (χ4n) is 1.41. The van der Waals surface area contributed by atoms with Crippen LogP contribution in [0.4, 0.5) is 0 Å². The minimum atomic E-state index is -0.749. The topological polar surface area (TPSA) is 46.5 Å². The van der Waals surface area contributed by atoms with E-state index in [-0.39, 0.29) is 6.10 Å². The molecule has 1 N–H and O–H groups in total. The standard InChI is InChI=1S/C13H18O3/c1-10(8-14)13(15)11(2)16-9-12-6-4-3-5-7-12/h3-8,10-11,13,15H,9H2,1-2H3/t10-,11+,13+/m1/s1. The Hall–Kier alpha value is -1.19. The Morgan fingerprint density at radius 3 is 2.50 bits per heavy atom. The largest absolute Gasteiger partial charge is 0.390 e. The number of aliphatic hydroxyl groups is 1. The third kappa shape index (κ3) is 3.76. The molecule has 0 aliphatic rings. The Morgan fingerprint density at radius 2 is 1.94 bits per heavy atom. The molecule has 0 saturated heterocycles. The van der Waals surface area contributed by atoms with Gasteiger partial charge in [0.25, 0.3) is 0 Å². The molecule has 3 atom stereocenters. The van der Waals surface area contributed by atoms with E-state index in [1.807, 2.05) is 30.3 Å². The molecule has 3 nitrogen and oxygen atoms in total. The van der Waals surface area contributed by atoms with E-state index in [9.17, 15) is 9.90 Å². The van der Waals surface area contributed by atoms with Crippen LogP contribution in [0.25, 0.3) is 0 Å². The first-order valence-corrected chi connectivity index (χ1v) is 5.44. The van der Waals surface area contributed by atoms with Crippen LogP contribution in [0.15, 0.2) is 30.3 Å². The third-order valence-electron chi connectivity index (χ3n) is 2.59. The third-order valence-corrected chi connectivity index (χ3v) is 2.59. The molecular weight excluding hydrogens is 204 g/mol. The van der Waals surface area contributed by atoms with E-state index in [1.54, 1.807) is 13.8 Å². The van der Waals surface area contributed by atoms with Gasteiger partial charge >= 0.3 is 0 Å². The van der Waals surface area contributed by atoms with Crippen LogP contribution in [-0.2, 0) is 16.1 Å². The highest BCUT2D eigenvalue weighted by Crippen LogP contribution is 2.10. The Balaban J connectivity index is 2.40. The lowest BCUT2D eigenvalue weighted by Crippen LogP contribution is -2.32. The second-order valence-corrected chi connectivity index (χ2v) is 3.99. The molecule has 1 rings (SSSR count). The van der Waals surface area contributed by atoms with Gasteiger partial charge in [-0.05, 0) is 12.5 Å². The molecule has 0 radical (unpaired) electrons. The Morgan fingerprint density at radius 1 is 1.31 bits per heavy atom. The van der Waals surface area contributed by atoms with Crippen molar-refractivity contribution in [2.45, 2.75) is 32.7 Å². The van der Waals surface area contributed by atoms with Crippen LogP contribution in [-0.4, -0.2) is 23.6 Å². The van der Waals surface area contributed by atoms with E-state index >= 15 is 0 Å². The molecule has 3 heteroatoms. The van der Waals surface area contributed by atoms with Crippen LogP contribution in [0, 0.1) is 5.92 Å². The first-order valence-electron chi connectivity index (χ1n) is 5.44.